The molecule has 1 aliphatic heterocycles. The van der Waals surface area contributed by atoms with E-state index in [0.29, 0.717) is 30.0 Å². The van der Waals surface area contributed by atoms with Crippen LogP contribution in [0.4, 0.5) is 5.69 Å². The molecular formula is C38H42N4O4S. The number of fused-ring (bicyclic) bond motifs is 5. The van der Waals surface area contributed by atoms with Gasteiger partial charge in [-0.25, -0.2) is 9.78 Å². The lowest BCUT2D eigenvalue weighted by Crippen LogP contribution is -2.55. The van der Waals surface area contributed by atoms with Crippen molar-refractivity contribution in [1.29, 1.82) is 0 Å². The Morgan fingerprint density at radius 2 is 1.77 bits per heavy atom. The van der Waals surface area contributed by atoms with E-state index in [1.54, 1.807) is 18.2 Å². The molecule has 2 aromatic heterocycles. The molecule has 0 bridgehead atoms. The van der Waals surface area contributed by atoms with Gasteiger partial charge in [-0.2, -0.15) is 0 Å². The molecule has 3 heterocycles. The maximum Gasteiger partial charge on any atom is 0.330 e. The third-order valence-corrected chi connectivity index (χ3v) is 11.3. The SMILES string of the molecule is COC(=O)C=Cc1ccc(NC(=O)C2(NC(=O)c3ccc4c(C5CCCCC5)c5n(c4c3)CCCc3sc(C)nc3-5)CCCC2)cc1. The Hall–Kier alpha value is -4.24. The van der Waals surface area contributed by atoms with Gasteiger partial charge in [0.2, 0.25) is 5.91 Å². The highest BCUT2D eigenvalue weighted by molar-refractivity contribution is 7.12. The van der Waals surface area contributed by atoms with Crippen LogP contribution in [0.3, 0.4) is 0 Å². The molecule has 4 aromatic rings. The van der Waals surface area contributed by atoms with Gasteiger partial charge in [0.1, 0.15) is 11.2 Å². The normalized spacial score (nSPS) is 17.7. The minimum absolute atomic E-state index is 0.204. The summed E-state index contributed by atoms with van der Waals surface area (Å²) < 4.78 is 7.08. The Kier molecular flexibility index (Phi) is 8.75. The molecule has 0 radical (unpaired) electrons. The fourth-order valence-corrected chi connectivity index (χ4v) is 8.85. The van der Waals surface area contributed by atoms with Gasteiger partial charge in [0.15, 0.2) is 0 Å². The molecule has 2 aromatic carbocycles. The summed E-state index contributed by atoms with van der Waals surface area (Å²) in [6.07, 6.45) is 14.2. The van der Waals surface area contributed by atoms with Crippen LogP contribution in [-0.4, -0.2) is 40.0 Å². The molecule has 2 saturated carbocycles. The smallest absolute Gasteiger partial charge is 0.330 e. The predicted molar refractivity (Wildman–Crippen MR) is 187 cm³/mol. The molecular weight excluding hydrogens is 609 g/mol. The number of anilines is 1. The Labute approximate surface area is 279 Å². The van der Waals surface area contributed by atoms with Gasteiger partial charge in [-0.3, -0.25) is 9.59 Å². The molecule has 8 nitrogen and oxygen atoms in total. The first-order valence-electron chi connectivity index (χ1n) is 17.0. The van der Waals surface area contributed by atoms with Crippen LogP contribution >= 0.6 is 11.3 Å². The van der Waals surface area contributed by atoms with E-state index in [4.69, 9.17) is 4.98 Å². The van der Waals surface area contributed by atoms with Crippen molar-refractivity contribution in [2.75, 3.05) is 12.4 Å². The Morgan fingerprint density at radius 1 is 1.00 bits per heavy atom. The number of amides is 2. The van der Waals surface area contributed by atoms with Crippen molar-refractivity contribution in [2.24, 2.45) is 0 Å². The van der Waals surface area contributed by atoms with Crippen LogP contribution in [0.15, 0.2) is 48.5 Å². The van der Waals surface area contributed by atoms with Crippen molar-refractivity contribution in [1.82, 2.24) is 14.9 Å². The summed E-state index contributed by atoms with van der Waals surface area (Å²) in [4.78, 5) is 45.6. The number of hydrogen-bond donors (Lipinski definition) is 2. The summed E-state index contributed by atoms with van der Waals surface area (Å²) >= 11 is 1.82. The van der Waals surface area contributed by atoms with E-state index in [-0.39, 0.29) is 11.8 Å². The van der Waals surface area contributed by atoms with Gasteiger partial charge in [-0.05, 0) is 92.8 Å². The number of methoxy groups -OCH3 is 1. The second-order valence-corrected chi connectivity index (χ2v) is 14.6. The largest absolute Gasteiger partial charge is 0.466 e. The third kappa shape index (κ3) is 6.13. The first-order valence-corrected chi connectivity index (χ1v) is 17.8. The van der Waals surface area contributed by atoms with E-state index in [9.17, 15) is 14.4 Å². The number of thiazole rings is 1. The van der Waals surface area contributed by atoms with E-state index in [2.05, 4.69) is 32.9 Å². The van der Waals surface area contributed by atoms with Crippen LogP contribution in [0.2, 0.25) is 0 Å². The maximum atomic E-state index is 14.0. The summed E-state index contributed by atoms with van der Waals surface area (Å²) in [5.41, 5.74) is 5.95. The first-order chi connectivity index (χ1) is 22.8. The number of nitrogens with one attached hydrogen (secondary N) is 2. The fourth-order valence-electron chi connectivity index (χ4n) is 7.87. The van der Waals surface area contributed by atoms with Crippen LogP contribution < -0.4 is 10.6 Å². The van der Waals surface area contributed by atoms with Crippen LogP contribution in [0.5, 0.6) is 0 Å². The number of aromatic nitrogens is 2. The summed E-state index contributed by atoms with van der Waals surface area (Å²) in [6, 6.07) is 13.4. The van der Waals surface area contributed by atoms with Crippen LogP contribution in [0.25, 0.3) is 28.4 Å². The number of hydrogen-bond acceptors (Lipinski definition) is 6. The zero-order chi connectivity index (χ0) is 32.5. The highest BCUT2D eigenvalue weighted by Crippen LogP contribution is 2.47. The third-order valence-electron chi connectivity index (χ3n) is 10.2. The van der Waals surface area contributed by atoms with Crippen molar-refractivity contribution in [3.8, 4) is 11.4 Å². The molecule has 2 fully saturated rings. The lowest BCUT2D eigenvalue weighted by Gasteiger charge is -2.29. The van der Waals surface area contributed by atoms with Crippen molar-refractivity contribution in [2.45, 2.75) is 95.6 Å². The lowest BCUT2D eigenvalue weighted by molar-refractivity contribution is -0.134. The van der Waals surface area contributed by atoms with Crippen LogP contribution in [0.1, 0.15) is 101 Å². The molecule has 244 valence electrons. The van der Waals surface area contributed by atoms with Crippen LogP contribution in [0, 0.1) is 6.92 Å². The number of ether oxygens (including phenoxy) is 1. The Bertz CT molecular complexity index is 1860. The molecule has 3 aliphatic rings. The van der Waals surface area contributed by atoms with Crippen molar-refractivity contribution < 1.29 is 19.1 Å². The van der Waals surface area contributed by atoms with Gasteiger partial charge >= 0.3 is 5.97 Å². The van der Waals surface area contributed by atoms with E-state index in [1.165, 1.54) is 66.8 Å². The van der Waals surface area contributed by atoms with Gasteiger partial charge < -0.3 is 19.9 Å². The first kappa shape index (κ1) is 31.4. The van der Waals surface area contributed by atoms with Crippen molar-refractivity contribution >= 4 is 51.8 Å². The number of carbonyl (C=O) groups excluding carboxylic acids is 3. The highest BCUT2D eigenvalue weighted by atomic mass is 32.1. The number of carbonyl (C=O) groups is 3. The number of aryl methyl sites for hydroxylation is 3. The number of benzene rings is 2. The van der Waals surface area contributed by atoms with Gasteiger partial charge in [0, 0.05) is 39.7 Å². The number of esters is 1. The summed E-state index contributed by atoms with van der Waals surface area (Å²) in [5.74, 6) is -0.356. The standard InChI is InChI=1S/C38H42N4O4S/c1-24-39-34-31(47-24)11-8-22-42-30-23-27(15-18-29(30)33(35(34)42)26-9-4-3-5-10-26)36(44)41-38(20-6-7-21-38)37(45)40-28-16-12-25(13-17-28)14-19-32(43)46-2/h12-19,23,26H,3-11,20-22H2,1-2H3,(H,40,45)(H,41,44). The van der Waals surface area contributed by atoms with Gasteiger partial charge in [-0.15, -0.1) is 11.3 Å². The van der Waals surface area contributed by atoms with Gasteiger partial charge in [0.25, 0.3) is 5.91 Å². The topological polar surface area (TPSA) is 102 Å². The van der Waals surface area contributed by atoms with E-state index in [1.807, 2.05) is 35.6 Å². The van der Waals surface area contributed by atoms with E-state index in [0.717, 1.165) is 54.0 Å². The molecule has 2 N–H and O–H groups in total. The molecule has 2 amide bonds. The van der Waals surface area contributed by atoms with E-state index < -0.39 is 11.5 Å². The molecule has 47 heavy (non-hydrogen) atoms. The Morgan fingerprint density at radius 3 is 2.51 bits per heavy atom. The summed E-state index contributed by atoms with van der Waals surface area (Å²) in [7, 11) is 1.34. The summed E-state index contributed by atoms with van der Waals surface area (Å²) in [6.45, 7) is 3.00. The van der Waals surface area contributed by atoms with Gasteiger partial charge in [-0.1, -0.05) is 50.3 Å². The predicted octanol–water partition coefficient (Wildman–Crippen LogP) is 7.93. The number of rotatable bonds is 7. The highest BCUT2D eigenvalue weighted by Gasteiger charge is 2.43. The van der Waals surface area contributed by atoms with E-state index >= 15 is 0 Å². The Balaban J connectivity index is 1.18. The zero-order valence-electron chi connectivity index (χ0n) is 27.2. The summed E-state index contributed by atoms with van der Waals surface area (Å²) in [5, 5.41) is 8.57. The quantitative estimate of drug-likeness (QED) is 0.156. The average Bonchev–Trinajstić information content (AvgIpc) is 3.77. The minimum Gasteiger partial charge on any atom is -0.466 e. The molecule has 2 aliphatic carbocycles. The lowest BCUT2D eigenvalue weighted by atomic mass is 9.82. The molecule has 0 saturated heterocycles. The van der Waals surface area contributed by atoms with Gasteiger partial charge in [0.05, 0.1) is 17.8 Å². The fraction of sp³-hybridized carbons (Fsp3) is 0.421. The average molecular weight is 651 g/mol. The second kappa shape index (κ2) is 13.1. The molecule has 0 atom stereocenters. The monoisotopic (exact) mass is 650 g/mol. The van der Waals surface area contributed by atoms with Crippen molar-refractivity contribution in [3.63, 3.8) is 0 Å². The molecule has 0 unspecified atom stereocenters. The molecule has 7 rings (SSSR count). The molecule has 0 spiro atoms. The second-order valence-electron chi connectivity index (χ2n) is 13.3. The zero-order valence-corrected chi connectivity index (χ0v) is 28.0. The maximum absolute atomic E-state index is 14.0. The minimum atomic E-state index is -0.980. The van der Waals surface area contributed by atoms with Crippen LogP contribution in [-0.2, 0) is 27.3 Å². The number of nitrogens with zero attached hydrogens (tertiary/aromatic N) is 2. The van der Waals surface area contributed by atoms with Crippen molar-refractivity contribution in [3.05, 3.63) is 75.1 Å². The molecule has 9 heteroatoms.